The van der Waals surface area contributed by atoms with E-state index in [1.807, 2.05) is 0 Å². The average Bonchev–Trinajstić information content (AvgIpc) is 3.04. The van der Waals surface area contributed by atoms with Crippen LogP contribution in [0.25, 0.3) is 0 Å². The highest BCUT2D eigenvalue weighted by molar-refractivity contribution is 5.93. The normalized spacial score (nSPS) is 17.9. The first-order valence-corrected chi connectivity index (χ1v) is 7.36. The molecule has 0 bridgehead atoms. The van der Waals surface area contributed by atoms with Crippen LogP contribution in [0.2, 0.25) is 0 Å². The zero-order valence-electron chi connectivity index (χ0n) is 13.2. The lowest BCUT2D eigenvalue weighted by atomic mass is 10.1. The fourth-order valence-electron chi connectivity index (χ4n) is 2.71. The van der Waals surface area contributed by atoms with Gasteiger partial charge in [-0.25, -0.2) is 0 Å². The molecule has 0 aliphatic carbocycles. The maximum Gasteiger partial charge on any atom is 0.254 e. The SMILES string of the molecule is CC(C)CN1CCC(CNC(=O)c2coc(CN)c2)C1.Cl.Cl. The maximum atomic E-state index is 12.0. The number of hydrogen-bond donors (Lipinski definition) is 2. The number of amides is 1. The Morgan fingerprint density at radius 1 is 1.50 bits per heavy atom. The van der Waals surface area contributed by atoms with Gasteiger partial charge in [-0.15, -0.1) is 24.8 Å². The third-order valence-corrected chi connectivity index (χ3v) is 3.66. The molecule has 2 rings (SSSR count). The summed E-state index contributed by atoms with van der Waals surface area (Å²) >= 11 is 0. The standard InChI is InChI=1S/C15H25N3O2.2ClH/c1-11(2)8-18-4-3-12(9-18)7-17-15(19)13-5-14(6-16)20-10-13;;/h5,10-12H,3-4,6-9,16H2,1-2H3,(H,17,19);2*1H. The number of nitrogens with two attached hydrogens (primary N) is 1. The average molecular weight is 352 g/mol. The molecule has 1 amide bonds. The molecule has 2 heterocycles. The van der Waals surface area contributed by atoms with Crippen LogP contribution in [0.4, 0.5) is 0 Å². The Bertz CT molecular complexity index is 452. The van der Waals surface area contributed by atoms with Crippen LogP contribution in [-0.4, -0.2) is 37.0 Å². The topological polar surface area (TPSA) is 71.5 Å². The van der Waals surface area contributed by atoms with E-state index in [-0.39, 0.29) is 30.7 Å². The largest absolute Gasteiger partial charge is 0.467 e. The van der Waals surface area contributed by atoms with Crippen molar-refractivity contribution in [2.24, 2.45) is 17.6 Å². The number of carbonyl (C=O) groups excluding carboxylic acids is 1. The molecular weight excluding hydrogens is 325 g/mol. The molecule has 1 unspecified atom stereocenters. The van der Waals surface area contributed by atoms with Crippen LogP contribution in [0.15, 0.2) is 16.7 Å². The molecule has 3 N–H and O–H groups in total. The van der Waals surface area contributed by atoms with E-state index in [4.69, 9.17) is 10.2 Å². The lowest BCUT2D eigenvalue weighted by Crippen LogP contribution is -2.31. The van der Waals surface area contributed by atoms with E-state index in [2.05, 4.69) is 24.1 Å². The smallest absolute Gasteiger partial charge is 0.254 e. The minimum Gasteiger partial charge on any atom is -0.467 e. The fourth-order valence-corrected chi connectivity index (χ4v) is 2.71. The number of hydrogen-bond acceptors (Lipinski definition) is 4. The van der Waals surface area contributed by atoms with Crippen molar-refractivity contribution < 1.29 is 9.21 Å². The number of rotatable bonds is 6. The van der Waals surface area contributed by atoms with Crippen LogP contribution in [-0.2, 0) is 6.54 Å². The van der Waals surface area contributed by atoms with Gasteiger partial charge in [0, 0.05) is 19.6 Å². The van der Waals surface area contributed by atoms with Crippen molar-refractivity contribution in [1.82, 2.24) is 10.2 Å². The zero-order valence-corrected chi connectivity index (χ0v) is 14.8. The second-order valence-electron chi connectivity index (χ2n) is 6.02. The quantitative estimate of drug-likeness (QED) is 0.824. The summed E-state index contributed by atoms with van der Waals surface area (Å²) in [6.07, 6.45) is 2.63. The van der Waals surface area contributed by atoms with E-state index >= 15 is 0 Å². The molecule has 1 aromatic heterocycles. The van der Waals surface area contributed by atoms with Crippen molar-refractivity contribution in [1.29, 1.82) is 0 Å². The Kier molecular flexibility index (Phi) is 9.76. The van der Waals surface area contributed by atoms with E-state index < -0.39 is 0 Å². The fraction of sp³-hybridized carbons (Fsp3) is 0.667. The summed E-state index contributed by atoms with van der Waals surface area (Å²) < 4.78 is 5.17. The second kappa shape index (κ2) is 10.1. The van der Waals surface area contributed by atoms with Gasteiger partial charge in [-0.05, 0) is 30.9 Å². The van der Waals surface area contributed by atoms with Crippen molar-refractivity contribution >= 4 is 30.7 Å². The molecule has 7 heteroatoms. The lowest BCUT2D eigenvalue weighted by Gasteiger charge is -2.18. The summed E-state index contributed by atoms with van der Waals surface area (Å²) in [6.45, 7) is 8.90. The van der Waals surface area contributed by atoms with Gasteiger partial charge in [-0.2, -0.15) is 0 Å². The molecule has 0 spiro atoms. The van der Waals surface area contributed by atoms with Gasteiger partial charge in [0.25, 0.3) is 5.91 Å². The van der Waals surface area contributed by atoms with Crippen molar-refractivity contribution in [3.05, 3.63) is 23.7 Å². The zero-order chi connectivity index (χ0) is 14.5. The van der Waals surface area contributed by atoms with Gasteiger partial charge in [0.2, 0.25) is 0 Å². The summed E-state index contributed by atoms with van der Waals surface area (Å²) in [5, 5.41) is 2.99. The third kappa shape index (κ3) is 6.16. The molecule has 5 nitrogen and oxygen atoms in total. The van der Waals surface area contributed by atoms with Crippen molar-refractivity contribution in [3.8, 4) is 0 Å². The maximum absolute atomic E-state index is 12.0. The van der Waals surface area contributed by atoms with Crippen LogP contribution in [0.1, 0.15) is 36.4 Å². The minimum absolute atomic E-state index is 0. The molecule has 0 aromatic carbocycles. The Labute approximate surface area is 144 Å². The first kappa shape index (κ1) is 21.2. The van der Waals surface area contributed by atoms with E-state index in [0.29, 0.717) is 29.7 Å². The van der Waals surface area contributed by atoms with Gasteiger partial charge in [-0.3, -0.25) is 4.79 Å². The van der Waals surface area contributed by atoms with Gasteiger partial charge in [0.15, 0.2) is 0 Å². The molecule has 1 aliphatic heterocycles. The summed E-state index contributed by atoms with van der Waals surface area (Å²) in [5.41, 5.74) is 6.02. The highest BCUT2D eigenvalue weighted by Crippen LogP contribution is 2.17. The first-order valence-electron chi connectivity index (χ1n) is 7.36. The number of carbonyl (C=O) groups is 1. The summed E-state index contributed by atoms with van der Waals surface area (Å²) in [4.78, 5) is 14.4. The number of likely N-dealkylation sites (tertiary alicyclic amines) is 1. The van der Waals surface area contributed by atoms with Crippen LogP contribution < -0.4 is 11.1 Å². The predicted molar refractivity (Wildman–Crippen MR) is 92.8 cm³/mol. The van der Waals surface area contributed by atoms with Crippen molar-refractivity contribution in [3.63, 3.8) is 0 Å². The number of nitrogens with zero attached hydrogens (tertiary/aromatic N) is 1. The Morgan fingerprint density at radius 2 is 2.23 bits per heavy atom. The summed E-state index contributed by atoms with van der Waals surface area (Å²) in [5.74, 6) is 1.82. The van der Waals surface area contributed by atoms with Crippen molar-refractivity contribution in [2.75, 3.05) is 26.2 Å². The summed E-state index contributed by atoms with van der Waals surface area (Å²) in [7, 11) is 0. The molecule has 0 radical (unpaired) electrons. The molecule has 1 atom stereocenters. The van der Waals surface area contributed by atoms with E-state index in [1.165, 1.54) is 6.26 Å². The Morgan fingerprint density at radius 3 is 2.82 bits per heavy atom. The molecule has 0 saturated carbocycles. The van der Waals surface area contributed by atoms with E-state index in [9.17, 15) is 4.79 Å². The van der Waals surface area contributed by atoms with Crippen LogP contribution >= 0.6 is 24.8 Å². The molecule has 22 heavy (non-hydrogen) atoms. The Hall–Kier alpha value is -0.750. The van der Waals surface area contributed by atoms with Crippen LogP contribution in [0.5, 0.6) is 0 Å². The van der Waals surface area contributed by atoms with Gasteiger partial charge in [-0.1, -0.05) is 13.8 Å². The van der Waals surface area contributed by atoms with Gasteiger partial charge in [0.05, 0.1) is 12.1 Å². The van der Waals surface area contributed by atoms with Gasteiger partial charge < -0.3 is 20.4 Å². The monoisotopic (exact) mass is 351 g/mol. The first-order chi connectivity index (χ1) is 9.58. The lowest BCUT2D eigenvalue weighted by molar-refractivity contribution is 0.0946. The van der Waals surface area contributed by atoms with Crippen molar-refractivity contribution in [2.45, 2.75) is 26.8 Å². The molecule has 1 saturated heterocycles. The molecule has 1 fully saturated rings. The van der Waals surface area contributed by atoms with Gasteiger partial charge >= 0.3 is 0 Å². The van der Waals surface area contributed by atoms with E-state index in [0.717, 1.165) is 32.6 Å². The highest BCUT2D eigenvalue weighted by Gasteiger charge is 2.23. The Balaban J connectivity index is 0.00000220. The number of nitrogens with one attached hydrogen (secondary N) is 1. The van der Waals surface area contributed by atoms with Crippen LogP contribution in [0, 0.1) is 11.8 Å². The number of halogens is 2. The van der Waals surface area contributed by atoms with Gasteiger partial charge in [0.1, 0.15) is 12.0 Å². The molecule has 1 aromatic rings. The predicted octanol–water partition coefficient (Wildman–Crippen LogP) is 2.29. The second-order valence-corrected chi connectivity index (χ2v) is 6.02. The molecule has 1 aliphatic rings. The molecular formula is C15H27Cl2N3O2. The third-order valence-electron chi connectivity index (χ3n) is 3.66. The number of furan rings is 1. The molecule has 128 valence electrons. The summed E-state index contributed by atoms with van der Waals surface area (Å²) in [6, 6.07) is 1.70. The van der Waals surface area contributed by atoms with Crippen LogP contribution in [0.3, 0.4) is 0 Å². The highest BCUT2D eigenvalue weighted by atomic mass is 35.5. The van der Waals surface area contributed by atoms with E-state index in [1.54, 1.807) is 6.07 Å². The minimum atomic E-state index is -0.0734.